The average molecular weight is 560 g/mol. The van der Waals surface area contributed by atoms with Gasteiger partial charge in [-0.25, -0.2) is 4.98 Å². The first-order valence-electron chi connectivity index (χ1n) is 14.0. The van der Waals surface area contributed by atoms with Gasteiger partial charge in [-0.05, 0) is 78.7 Å². The smallest absolute Gasteiger partial charge is 0.124 e. The quantitative estimate of drug-likeness (QED) is 0.197. The summed E-state index contributed by atoms with van der Waals surface area (Å²) >= 11 is 1.74. The summed E-state index contributed by atoms with van der Waals surface area (Å²) in [5, 5.41) is 3.49. The number of anilines is 2. The zero-order valence-corrected chi connectivity index (χ0v) is 24.1. The molecule has 0 amide bonds. The van der Waals surface area contributed by atoms with Crippen LogP contribution in [0.3, 0.4) is 0 Å². The minimum absolute atomic E-state index is 1.03. The van der Waals surface area contributed by atoms with Gasteiger partial charge in [0.15, 0.2) is 0 Å². The van der Waals surface area contributed by atoms with Crippen molar-refractivity contribution in [3.63, 3.8) is 0 Å². The van der Waals surface area contributed by atoms with E-state index in [1.165, 1.54) is 26.6 Å². The molecule has 0 fully saturated rings. The van der Waals surface area contributed by atoms with E-state index in [9.17, 15) is 0 Å². The third-order valence-electron chi connectivity index (χ3n) is 7.49. The predicted molar refractivity (Wildman–Crippen MR) is 182 cm³/mol. The molecule has 1 N–H and O–H groups in total. The second kappa shape index (κ2) is 11.0. The molecule has 4 heteroatoms. The fourth-order valence-electron chi connectivity index (χ4n) is 5.53. The number of thiazole rings is 1. The molecule has 0 aliphatic carbocycles. The second-order valence-corrected chi connectivity index (χ2v) is 11.2. The number of hydrogen-bond donors (Lipinski definition) is 1. The lowest BCUT2D eigenvalue weighted by atomic mass is 10.0. The number of aromatic nitrogens is 2. The first-order chi connectivity index (χ1) is 20.7. The predicted octanol–water partition coefficient (Wildman–Crippen LogP) is 11.0. The van der Waals surface area contributed by atoms with Gasteiger partial charge < -0.3 is 9.88 Å². The first kappa shape index (κ1) is 25.8. The summed E-state index contributed by atoms with van der Waals surface area (Å²) in [6.45, 7) is 5.97. The fourth-order valence-corrected chi connectivity index (χ4v) is 6.52. The van der Waals surface area contributed by atoms with Gasteiger partial charge in [-0.3, -0.25) is 0 Å². The van der Waals surface area contributed by atoms with Crippen LogP contribution in [0, 0.1) is 0 Å². The number of rotatable bonds is 7. The molecule has 0 bridgehead atoms. The maximum Gasteiger partial charge on any atom is 0.124 e. The molecule has 2 aromatic heterocycles. The molecule has 0 aliphatic heterocycles. The highest BCUT2D eigenvalue weighted by Crippen LogP contribution is 2.37. The van der Waals surface area contributed by atoms with Crippen LogP contribution in [-0.4, -0.2) is 9.97 Å². The van der Waals surface area contributed by atoms with Gasteiger partial charge in [0.2, 0.25) is 0 Å². The highest BCUT2D eigenvalue weighted by Gasteiger charge is 2.14. The van der Waals surface area contributed by atoms with Gasteiger partial charge in [0, 0.05) is 44.4 Å². The lowest BCUT2D eigenvalue weighted by Gasteiger charge is -2.26. The summed E-state index contributed by atoms with van der Waals surface area (Å²) in [6.07, 6.45) is 8.03. The summed E-state index contributed by atoms with van der Waals surface area (Å²) in [6, 6.07) is 40.8. The molecule has 202 valence electrons. The van der Waals surface area contributed by atoms with Crippen LogP contribution < -0.4 is 4.90 Å². The molecule has 0 unspecified atom stereocenters. The zero-order chi connectivity index (χ0) is 28.5. The number of benzene rings is 5. The molecular weight excluding hydrogens is 531 g/mol. The molecule has 3 nitrogen and oxygen atoms in total. The van der Waals surface area contributed by atoms with Gasteiger partial charge in [-0.15, -0.1) is 11.3 Å². The Morgan fingerprint density at radius 2 is 1.43 bits per heavy atom. The van der Waals surface area contributed by atoms with Crippen LogP contribution in [0.4, 0.5) is 11.4 Å². The Labute approximate surface area is 249 Å². The van der Waals surface area contributed by atoms with Crippen molar-refractivity contribution in [1.29, 1.82) is 0 Å². The van der Waals surface area contributed by atoms with Gasteiger partial charge in [0.25, 0.3) is 0 Å². The number of aromatic amines is 1. The first-order valence-corrected chi connectivity index (χ1v) is 14.9. The van der Waals surface area contributed by atoms with Gasteiger partial charge in [0.05, 0.1) is 10.2 Å². The van der Waals surface area contributed by atoms with Crippen molar-refractivity contribution >= 4 is 54.7 Å². The Kier molecular flexibility index (Phi) is 6.75. The van der Waals surface area contributed by atoms with E-state index in [2.05, 4.69) is 132 Å². The van der Waals surface area contributed by atoms with Crippen molar-refractivity contribution in [1.82, 2.24) is 9.97 Å². The van der Waals surface area contributed by atoms with Gasteiger partial charge >= 0.3 is 0 Å². The molecule has 7 aromatic rings. The number of fused-ring (bicyclic) bond motifs is 4. The average Bonchev–Trinajstić information content (AvgIpc) is 3.62. The molecule has 0 saturated heterocycles. The normalized spacial score (nSPS) is 12.1. The number of H-pyrrole nitrogens is 1. The summed E-state index contributed by atoms with van der Waals surface area (Å²) in [4.78, 5) is 10.8. The van der Waals surface area contributed by atoms with Gasteiger partial charge in [-0.1, -0.05) is 85.5 Å². The molecule has 0 aliphatic rings. The van der Waals surface area contributed by atoms with E-state index in [0.29, 0.717) is 0 Å². The monoisotopic (exact) mass is 559 g/mol. The molecule has 5 aromatic carbocycles. The number of nitrogens with one attached hydrogen (secondary N) is 1. The number of nitrogens with zero attached hydrogens (tertiary/aromatic N) is 2. The second-order valence-electron chi connectivity index (χ2n) is 10.2. The Balaban J connectivity index is 1.27. The minimum Gasteiger partial charge on any atom is -0.354 e. The van der Waals surface area contributed by atoms with Crippen LogP contribution in [0.15, 0.2) is 152 Å². The summed E-state index contributed by atoms with van der Waals surface area (Å²) in [5.41, 5.74) is 10.0. The minimum atomic E-state index is 1.03. The van der Waals surface area contributed by atoms with Crippen LogP contribution in [0.2, 0.25) is 0 Å². The molecule has 2 heterocycles. The summed E-state index contributed by atoms with van der Waals surface area (Å²) < 4.78 is 1.20. The maximum atomic E-state index is 4.93. The molecule has 42 heavy (non-hydrogen) atoms. The van der Waals surface area contributed by atoms with Gasteiger partial charge in [0.1, 0.15) is 5.01 Å². The molecule has 0 saturated carbocycles. The Hall–Kier alpha value is -5.19. The van der Waals surface area contributed by atoms with Gasteiger partial charge in [-0.2, -0.15) is 0 Å². The Morgan fingerprint density at radius 3 is 2.17 bits per heavy atom. The molecule has 7 rings (SSSR count). The fraction of sp³-hybridized carbons (Fsp3) is 0.0263. The highest BCUT2D eigenvalue weighted by atomic mass is 32.1. The van der Waals surface area contributed by atoms with Crippen LogP contribution in [0.5, 0.6) is 0 Å². The van der Waals surface area contributed by atoms with Crippen molar-refractivity contribution < 1.29 is 0 Å². The van der Waals surface area contributed by atoms with Crippen LogP contribution in [-0.2, 0) is 0 Å². The molecule has 0 radical (unpaired) electrons. The molecule has 0 spiro atoms. The number of hydrogen-bond acceptors (Lipinski definition) is 3. The summed E-state index contributed by atoms with van der Waals surface area (Å²) in [7, 11) is 0. The number of allylic oxidation sites excluding steroid dienone is 4. The van der Waals surface area contributed by atoms with E-state index < -0.39 is 0 Å². The van der Waals surface area contributed by atoms with E-state index >= 15 is 0 Å². The molecular formula is C38H29N3S. The van der Waals surface area contributed by atoms with E-state index in [1.54, 1.807) is 11.3 Å². The van der Waals surface area contributed by atoms with Crippen LogP contribution >= 0.6 is 11.3 Å². The SMILES string of the molecule is C=C/C=C(\C=C/C)N(c1ccccc1)c1ccc(-c2ccc3[nH]c4cc5nc(-c6ccccc6)sc5cc4c3c2)cc1. The Bertz CT molecular complexity index is 2100. The maximum absolute atomic E-state index is 4.93. The summed E-state index contributed by atoms with van der Waals surface area (Å²) in [5.74, 6) is 0. The van der Waals surface area contributed by atoms with E-state index in [4.69, 9.17) is 4.98 Å². The van der Waals surface area contributed by atoms with E-state index in [-0.39, 0.29) is 0 Å². The molecule has 0 atom stereocenters. The zero-order valence-electron chi connectivity index (χ0n) is 23.3. The van der Waals surface area contributed by atoms with Crippen LogP contribution in [0.25, 0.3) is 53.7 Å². The highest BCUT2D eigenvalue weighted by molar-refractivity contribution is 7.21. The lowest BCUT2D eigenvalue weighted by molar-refractivity contribution is 1.21. The largest absolute Gasteiger partial charge is 0.354 e. The van der Waals surface area contributed by atoms with E-state index in [0.717, 1.165) is 44.2 Å². The topological polar surface area (TPSA) is 31.9 Å². The lowest BCUT2D eigenvalue weighted by Crippen LogP contribution is -2.15. The van der Waals surface area contributed by atoms with Crippen molar-refractivity contribution in [3.05, 3.63) is 152 Å². The van der Waals surface area contributed by atoms with Crippen molar-refractivity contribution in [2.75, 3.05) is 4.90 Å². The van der Waals surface area contributed by atoms with E-state index in [1.807, 2.05) is 31.2 Å². The number of para-hydroxylation sites is 1. The third kappa shape index (κ3) is 4.72. The third-order valence-corrected chi connectivity index (χ3v) is 8.55. The standard InChI is InChI=1S/C38H29N3S/c1-3-11-29(12-4-2)41(30-15-9-6-10-16-30)31-20-17-26(18-21-31)28-19-22-34-32(23-28)33-24-37-36(25-35(33)39-34)40-38(42-37)27-13-7-5-8-14-27/h3-25,39H,1H2,2H3/b12-4-,29-11+. The van der Waals surface area contributed by atoms with Crippen molar-refractivity contribution in [2.45, 2.75) is 6.92 Å². The Morgan fingerprint density at radius 1 is 0.738 bits per heavy atom. The van der Waals surface area contributed by atoms with Crippen LogP contribution in [0.1, 0.15) is 6.92 Å². The van der Waals surface area contributed by atoms with Crippen molar-refractivity contribution in [3.8, 4) is 21.7 Å². The van der Waals surface area contributed by atoms with Crippen molar-refractivity contribution in [2.24, 2.45) is 0 Å².